The largest absolute Gasteiger partial charge is 0.447 e. The summed E-state index contributed by atoms with van der Waals surface area (Å²) in [5.74, 6) is 0.463. The molecule has 1 aliphatic rings. The minimum absolute atomic E-state index is 0.261. The van der Waals surface area contributed by atoms with Crippen molar-refractivity contribution < 1.29 is 34.3 Å². The van der Waals surface area contributed by atoms with Crippen molar-refractivity contribution in [1.29, 1.82) is 0 Å². The van der Waals surface area contributed by atoms with Crippen LogP contribution in [-0.2, 0) is 14.2 Å². The molecule has 22 heavy (non-hydrogen) atoms. The lowest BCUT2D eigenvalue weighted by Gasteiger charge is -2.40. The predicted octanol–water partition coefficient (Wildman–Crippen LogP) is -0.179. The topological polar surface area (TPSA) is 97.6 Å². The van der Waals surface area contributed by atoms with E-state index in [9.17, 15) is 15.3 Å². The molecule has 2 rings (SSSR count). The van der Waals surface area contributed by atoms with Crippen LogP contribution >= 0.6 is 12.2 Å². The zero-order chi connectivity index (χ0) is 16.1. The summed E-state index contributed by atoms with van der Waals surface area (Å²) >= 11 is 4.96. The van der Waals surface area contributed by atoms with E-state index in [4.69, 9.17) is 31.2 Å². The van der Waals surface area contributed by atoms with E-state index in [-0.39, 0.29) is 5.24 Å². The Balaban J connectivity index is 2.03. The molecule has 1 saturated heterocycles. The lowest BCUT2D eigenvalue weighted by atomic mass is 9.99. The van der Waals surface area contributed by atoms with Crippen LogP contribution in [0.25, 0.3) is 0 Å². The van der Waals surface area contributed by atoms with Crippen LogP contribution in [-0.4, -0.2) is 65.0 Å². The van der Waals surface area contributed by atoms with Gasteiger partial charge in [-0.05, 0) is 12.1 Å². The average molecular weight is 330 g/mol. The molecule has 0 amide bonds. The van der Waals surface area contributed by atoms with Crippen LogP contribution in [0.4, 0.5) is 0 Å². The molecule has 0 bridgehead atoms. The van der Waals surface area contributed by atoms with Crippen LogP contribution in [0.5, 0.6) is 5.75 Å². The Bertz CT molecular complexity index is 467. The monoisotopic (exact) mass is 330 g/mol. The Morgan fingerprint density at radius 1 is 1.23 bits per heavy atom. The van der Waals surface area contributed by atoms with Crippen molar-refractivity contribution >= 4 is 17.5 Å². The van der Waals surface area contributed by atoms with Crippen molar-refractivity contribution in [3.63, 3.8) is 0 Å². The fourth-order valence-electron chi connectivity index (χ4n) is 2.11. The summed E-state index contributed by atoms with van der Waals surface area (Å²) in [5.41, 5.74) is 0. The minimum atomic E-state index is -1.29. The number of hydrogen-bond acceptors (Lipinski definition) is 8. The van der Waals surface area contributed by atoms with Crippen molar-refractivity contribution in [1.82, 2.24) is 0 Å². The maximum absolute atomic E-state index is 10.1. The van der Waals surface area contributed by atoms with Gasteiger partial charge in [0.1, 0.15) is 24.1 Å². The summed E-state index contributed by atoms with van der Waals surface area (Å²) in [5, 5.41) is 29.1. The number of hydrogen-bond donors (Lipinski definition) is 3. The molecule has 0 saturated carbocycles. The van der Waals surface area contributed by atoms with E-state index < -0.39 is 37.3 Å². The third kappa shape index (κ3) is 3.92. The molecule has 8 heteroatoms. The van der Waals surface area contributed by atoms with Crippen molar-refractivity contribution in [2.75, 3.05) is 13.7 Å². The van der Waals surface area contributed by atoms with Crippen molar-refractivity contribution in [2.24, 2.45) is 0 Å². The van der Waals surface area contributed by atoms with Crippen LogP contribution in [0.15, 0.2) is 30.3 Å². The molecule has 1 heterocycles. The summed E-state index contributed by atoms with van der Waals surface area (Å²) in [6.45, 7) is -0.458. The number of ether oxygens (including phenoxy) is 4. The normalized spacial score (nSPS) is 31.5. The van der Waals surface area contributed by atoms with Gasteiger partial charge >= 0.3 is 5.24 Å². The van der Waals surface area contributed by atoms with E-state index in [1.54, 1.807) is 24.3 Å². The Morgan fingerprint density at radius 3 is 2.50 bits per heavy atom. The molecule has 5 atom stereocenters. The van der Waals surface area contributed by atoms with E-state index in [1.807, 2.05) is 6.07 Å². The van der Waals surface area contributed by atoms with Crippen LogP contribution < -0.4 is 4.74 Å². The molecule has 7 nitrogen and oxygen atoms in total. The molecule has 1 aromatic rings. The minimum Gasteiger partial charge on any atom is -0.447 e. The first-order chi connectivity index (χ1) is 10.6. The van der Waals surface area contributed by atoms with E-state index in [1.165, 1.54) is 7.11 Å². The SMILES string of the molecule is CO[C@@H]1O[C@H](CO)[C@H](O)[C@H](OC(=S)Oc2ccccc2)[C@H]1O. The highest BCUT2D eigenvalue weighted by molar-refractivity contribution is 7.79. The first kappa shape index (κ1) is 17.1. The van der Waals surface area contributed by atoms with Gasteiger partial charge < -0.3 is 34.3 Å². The maximum atomic E-state index is 10.1. The van der Waals surface area contributed by atoms with E-state index in [0.29, 0.717) is 5.75 Å². The zero-order valence-electron chi connectivity index (χ0n) is 11.9. The van der Waals surface area contributed by atoms with Crippen molar-refractivity contribution in [3.05, 3.63) is 30.3 Å². The van der Waals surface area contributed by atoms with Crippen LogP contribution in [0.2, 0.25) is 0 Å². The summed E-state index contributed by atoms with van der Waals surface area (Å²) < 4.78 is 20.8. The van der Waals surface area contributed by atoms with E-state index in [2.05, 4.69) is 0 Å². The Morgan fingerprint density at radius 2 is 1.91 bits per heavy atom. The molecule has 1 fully saturated rings. The summed E-state index contributed by atoms with van der Waals surface area (Å²) in [4.78, 5) is 0. The lowest BCUT2D eigenvalue weighted by molar-refractivity contribution is -0.292. The molecule has 0 spiro atoms. The first-order valence-corrected chi connectivity index (χ1v) is 7.06. The van der Waals surface area contributed by atoms with Gasteiger partial charge in [-0.15, -0.1) is 0 Å². The van der Waals surface area contributed by atoms with Gasteiger partial charge in [0, 0.05) is 19.3 Å². The second-order valence-corrected chi connectivity index (χ2v) is 5.02. The van der Waals surface area contributed by atoms with Gasteiger partial charge in [-0.3, -0.25) is 0 Å². The number of aliphatic hydroxyl groups excluding tert-OH is 3. The highest BCUT2D eigenvalue weighted by Gasteiger charge is 2.46. The predicted molar refractivity (Wildman–Crippen MR) is 79.3 cm³/mol. The zero-order valence-corrected chi connectivity index (χ0v) is 12.7. The van der Waals surface area contributed by atoms with E-state index in [0.717, 1.165) is 0 Å². The number of aliphatic hydroxyl groups is 3. The number of benzene rings is 1. The highest BCUT2D eigenvalue weighted by atomic mass is 32.1. The van der Waals surface area contributed by atoms with E-state index >= 15 is 0 Å². The average Bonchev–Trinajstić information content (AvgIpc) is 2.53. The lowest BCUT2D eigenvalue weighted by Crippen LogP contribution is -2.60. The van der Waals surface area contributed by atoms with Crippen molar-refractivity contribution in [2.45, 2.75) is 30.7 Å². The van der Waals surface area contributed by atoms with Gasteiger partial charge in [-0.25, -0.2) is 0 Å². The fourth-order valence-corrected chi connectivity index (χ4v) is 2.31. The standard InChI is InChI=1S/C14H18O7S/c1-18-13-11(17)12(10(16)9(7-15)20-13)21-14(22)19-8-5-3-2-4-6-8/h2-6,9-13,15-17H,7H2,1H3/t9-,10+,11-,12+,13-/m1/s1. The summed E-state index contributed by atoms with van der Waals surface area (Å²) in [6.07, 6.45) is -5.74. The third-order valence-corrected chi connectivity index (χ3v) is 3.41. The smallest absolute Gasteiger partial charge is 0.358 e. The first-order valence-electron chi connectivity index (χ1n) is 6.65. The Labute approximate surface area is 133 Å². The second kappa shape index (κ2) is 7.82. The molecular weight excluding hydrogens is 312 g/mol. The van der Waals surface area contributed by atoms with Crippen molar-refractivity contribution in [3.8, 4) is 5.75 Å². The quantitative estimate of drug-likeness (QED) is 0.654. The molecule has 1 aliphatic heterocycles. The molecule has 0 radical (unpaired) electrons. The molecule has 0 unspecified atom stereocenters. The number of rotatable bonds is 4. The molecule has 122 valence electrons. The van der Waals surface area contributed by atoms with Crippen LogP contribution in [0.3, 0.4) is 0 Å². The van der Waals surface area contributed by atoms with Gasteiger partial charge in [-0.1, -0.05) is 18.2 Å². The van der Waals surface area contributed by atoms with Gasteiger partial charge in [-0.2, -0.15) is 0 Å². The van der Waals surface area contributed by atoms with Gasteiger partial charge in [0.25, 0.3) is 0 Å². The number of methoxy groups -OCH3 is 1. The third-order valence-electron chi connectivity index (χ3n) is 3.23. The molecule has 3 N–H and O–H groups in total. The number of thiocarbonyl (C=S) groups is 1. The van der Waals surface area contributed by atoms with Crippen LogP contribution in [0.1, 0.15) is 0 Å². The Hall–Kier alpha value is -1.29. The Kier molecular flexibility index (Phi) is 6.07. The molecular formula is C14H18O7S. The molecule has 0 aliphatic carbocycles. The maximum Gasteiger partial charge on any atom is 0.358 e. The number of para-hydroxylation sites is 1. The second-order valence-electron chi connectivity index (χ2n) is 4.69. The fraction of sp³-hybridized carbons (Fsp3) is 0.500. The summed E-state index contributed by atoms with van der Waals surface area (Å²) in [6, 6.07) is 8.71. The van der Waals surface area contributed by atoms with Gasteiger partial charge in [0.15, 0.2) is 12.4 Å². The van der Waals surface area contributed by atoms with Gasteiger partial charge in [0.2, 0.25) is 0 Å². The molecule has 0 aromatic heterocycles. The highest BCUT2D eigenvalue weighted by Crippen LogP contribution is 2.24. The molecule has 1 aromatic carbocycles. The summed E-state index contributed by atoms with van der Waals surface area (Å²) in [7, 11) is 1.33. The van der Waals surface area contributed by atoms with Crippen LogP contribution in [0, 0.1) is 0 Å². The van der Waals surface area contributed by atoms with Gasteiger partial charge in [0.05, 0.1) is 6.61 Å².